The molecule has 3 heterocycles. The van der Waals surface area contributed by atoms with Gasteiger partial charge in [0, 0.05) is 29.4 Å². The number of H-pyrrole nitrogens is 1. The van der Waals surface area contributed by atoms with Crippen molar-refractivity contribution in [2.24, 2.45) is 7.05 Å². The van der Waals surface area contributed by atoms with Crippen molar-refractivity contribution in [1.82, 2.24) is 35.2 Å². The van der Waals surface area contributed by atoms with Gasteiger partial charge in [0.2, 0.25) is 5.82 Å². The molecule has 3 aromatic carbocycles. The fourth-order valence-electron chi connectivity index (χ4n) is 4.49. The van der Waals surface area contributed by atoms with Crippen molar-refractivity contribution in [2.75, 3.05) is 19.0 Å². The van der Waals surface area contributed by atoms with Crippen LogP contribution in [0.25, 0.3) is 33.3 Å². The Balaban J connectivity index is 1.36. The van der Waals surface area contributed by atoms with E-state index in [1.165, 1.54) is 10.4 Å². The van der Waals surface area contributed by atoms with Crippen LogP contribution in [0.4, 0.5) is 5.82 Å². The van der Waals surface area contributed by atoms with Gasteiger partial charge in [-0.25, -0.2) is 9.97 Å². The first-order valence-corrected chi connectivity index (χ1v) is 12.1. The number of aromatic nitrogens is 7. The number of nitrogens with one attached hydrogen (secondary N) is 2. The first-order valence-electron chi connectivity index (χ1n) is 12.1. The van der Waals surface area contributed by atoms with Gasteiger partial charge in [-0.1, -0.05) is 54.6 Å². The number of fused-ring (bicyclic) bond motifs is 3. The third-order valence-electron chi connectivity index (χ3n) is 6.33. The van der Waals surface area contributed by atoms with E-state index in [-0.39, 0.29) is 0 Å². The Morgan fingerprint density at radius 1 is 0.946 bits per heavy atom. The molecule has 0 aliphatic rings. The number of aryl methyl sites for hydroxylation is 1. The minimum atomic E-state index is 0.580. The molecule has 0 atom stereocenters. The Morgan fingerprint density at radius 3 is 2.54 bits per heavy atom. The van der Waals surface area contributed by atoms with Gasteiger partial charge in [0.05, 0.1) is 19.5 Å². The maximum Gasteiger partial charge on any atom is 0.204 e. The Labute approximate surface area is 213 Å². The fraction of sp³-hybridized carbons (Fsp3) is 0.179. The number of tetrazole rings is 1. The predicted octanol–water partition coefficient (Wildman–Crippen LogP) is 4.56. The van der Waals surface area contributed by atoms with E-state index in [1.54, 1.807) is 14.2 Å². The molecule has 6 aromatic rings. The van der Waals surface area contributed by atoms with Crippen molar-refractivity contribution in [2.45, 2.75) is 12.8 Å². The number of benzene rings is 3. The van der Waals surface area contributed by atoms with Crippen LogP contribution >= 0.6 is 0 Å². The molecule has 6 rings (SSSR count). The quantitative estimate of drug-likeness (QED) is 0.322. The molecule has 0 fully saturated rings. The van der Waals surface area contributed by atoms with Gasteiger partial charge < -0.3 is 15.0 Å². The molecule has 0 bridgehead atoms. The number of rotatable bonds is 8. The number of nitrogens with zero attached hydrogens (tertiary/aromatic N) is 6. The second kappa shape index (κ2) is 9.69. The van der Waals surface area contributed by atoms with Crippen molar-refractivity contribution < 1.29 is 4.74 Å². The van der Waals surface area contributed by atoms with E-state index in [1.807, 2.05) is 42.5 Å². The number of methoxy groups -OCH3 is 1. The molecule has 0 saturated heterocycles. The molecule has 0 amide bonds. The zero-order valence-electron chi connectivity index (χ0n) is 20.6. The molecule has 3 aromatic heterocycles. The van der Waals surface area contributed by atoms with E-state index < -0.39 is 0 Å². The van der Waals surface area contributed by atoms with Gasteiger partial charge in [-0.2, -0.15) is 4.80 Å². The van der Waals surface area contributed by atoms with E-state index in [2.05, 4.69) is 56.0 Å². The zero-order chi connectivity index (χ0) is 25.2. The summed E-state index contributed by atoms with van der Waals surface area (Å²) in [6.45, 7) is 0.734. The van der Waals surface area contributed by atoms with E-state index >= 15 is 0 Å². The monoisotopic (exact) mass is 490 g/mol. The van der Waals surface area contributed by atoms with Gasteiger partial charge in [0.25, 0.3) is 0 Å². The SMILES string of the molecule is COc1ccc(CCNc2nc(Cc3ccccc3)nc3[nH]c4cc(-c5nnn(C)n5)ccc4c23)cc1. The normalized spacial score (nSPS) is 11.3. The third kappa shape index (κ3) is 4.71. The Hall–Kier alpha value is -4.79. The number of anilines is 1. The molecule has 0 unspecified atom stereocenters. The topological polar surface area (TPSA) is 106 Å². The molecule has 0 radical (unpaired) electrons. The van der Waals surface area contributed by atoms with Crippen molar-refractivity contribution in [3.05, 3.63) is 89.7 Å². The average molecular weight is 491 g/mol. The highest BCUT2D eigenvalue weighted by Crippen LogP contribution is 2.32. The average Bonchev–Trinajstić information content (AvgIpc) is 3.52. The molecule has 0 aliphatic carbocycles. The number of hydrogen-bond donors (Lipinski definition) is 2. The van der Waals surface area contributed by atoms with Crippen molar-refractivity contribution in [3.63, 3.8) is 0 Å². The molecule has 0 spiro atoms. The van der Waals surface area contributed by atoms with E-state index in [0.29, 0.717) is 12.2 Å². The summed E-state index contributed by atoms with van der Waals surface area (Å²) >= 11 is 0. The van der Waals surface area contributed by atoms with Crippen LogP contribution in [-0.2, 0) is 19.9 Å². The van der Waals surface area contributed by atoms with Crippen molar-refractivity contribution in [1.29, 1.82) is 0 Å². The summed E-state index contributed by atoms with van der Waals surface area (Å²) in [4.78, 5) is 14.8. The first kappa shape index (κ1) is 22.7. The molecule has 0 aliphatic heterocycles. The summed E-state index contributed by atoms with van der Waals surface area (Å²) in [6, 6.07) is 24.5. The van der Waals surface area contributed by atoms with E-state index in [9.17, 15) is 0 Å². The highest BCUT2D eigenvalue weighted by atomic mass is 16.5. The minimum Gasteiger partial charge on any atom is -0.497 e. The van der Waals surface area contributed by atoms with Crippen molar-refractivity contribution >= 4 is 27.8 Å². The zero-order valence-corrected chi connectivity index (χ0v) is 20.6. The molecular formula is C28H26N8O. The fourth-order valence-corrected chi connectivity index (χ4v) is 4.49. The molecule has 9 nitrogen and oxygen atoms in total. The Bertz CT molecular complexity index is 1670. The van der Waals surface area contributed by atoms with Gasteiger partial charge in [-0.3, -0.25) is 0 Å². The van der Waals surface area contributed by atoms with Crippen LogP contribution in [-0.4, -0.2) is 48.8 Å². The maximum atomic E-state index is 5.27. The van der Waals surface area contributed by atoms with Crippen LogP contribution in [0.3, 0.4) is 0 Å². The van der Waals surface area contributed by atoms with Gasteiger partial charge in [-0.15, -0.1) is 10.2 Å². The van der Waals surface area contributed by atoms with Crippen LogP contribution in [0.5, 0.6) is 5.75 Å². The number of aromatic amines is 1. The standard InChI is InChI=1S/C28H26N8O/c1-36-34-26(33-35-36)20-10-13-22-23(17-20)30-28-25(22)27(29-15-14-18-8-11-21(37-2)12-9-18)31-24(32-28)16-19-6-4-3-5-7-19/h3-13,17H,14-16H2,1-2H3,(H2,29,30,31,32). The second-order valence-electron chi connectivity index (χ2n) is 8.89. The van der Waals surface area contributed by atoms with Gasteiger partial charge in [-0.05, 0) is 41.0 Å². The van der Waals surface area contributed by atoms with Crippen molar-refractivity contribution in [3.8, 4) is 17.1 Å². The Morgan fingerprint density at radius 2 is 1.78 bits per heavy atom. The minimum absolute atomic E-state index is 0.580. The van der Waals surface area contributed by atoms with Gasteiger partial charge in [0.15, 0.2) is 0 Å². The number of hydrogen-bond acceptors (Lipinski definition) is 7. The lowest BCUT2D eigenvalue weighted by Gasteiger charge is -2.10. The Kier molecular flexibility index (Phi) is 5.94. The lowest BCUT2D eigenvalue weighted by Crippen LogP contribution is -2.09. The first-order chi connectivity index (χ1) is 18.2. The van der Waals surface area contributed by atoms with Crippen LogP contribution in [0.15, 0.2) is 72.8 Å². The summed E-state index contributed by atoms with van der Waals surface area (Å²) in [6.07, 6.45) is 1.50. The van der Waals surface area contributed by atoms with Gasteiger partial charge in [0.1, 0.15) is 23.0 Å². The molecule has 2 N–H and O–H groups in total. The van der Waals surface area contributed by atoms with Gasteiger partial charge >= 0.3 is 0 Å². The van der Waals surface area contributed by atoms with Crippen LogP contribution in [0, 0.1) is 0 Å². The van der Waals surface area contributed by atoms with Crippen LogP contribution in [0.2, 0.25) is 0 Å². The van der Waals surface area contributed by atoms with E-state index in [0.717, 1.165) is 63.4 Å². The smallest absolute Gasteiger partial charge is 0.204 e. The number of ether oxygens (including phenoxy) is 1. The summed E-state index contributed by atoms with van der Waals surface area (Å²) in [7, 11) is 3.43. The summed E-state index contributed by atoms with van der Waals surface area (Å²) in [5.41, 5.74) is 5.02. The molecular weight excluding hydrogens is 464 g/mol. The highest BCUT2D eigenvalue weighted by molar-refractivity contribution is 6.11. The third-order valence-corrected chi connectivity index (χ3v) is 6.33. The van der Waals surface area contributed by atoms with Crippen LogP contribution < -0.4 is 10.1 Å². The van der Waals surface area contributed by atoms with E-state index in [4.69, 9.17) is 14.7 Å². The maximum absolute atomic E-state index is 5.27. The second-order valence-corrected chi connectivity index (χ2v) is 8.89. The summed E-state index contributed by atoms with van der Waals surface area (Å²) in [5.74, 6) is 3.01. The molecule has 37 heavy (non-hydrogen) atoms. The lowest BCUT2D eigenvalue weighted by atomic mass is 10.1. The highest BCUT2D eigenvalue weighted by Gasteiger charge is 2.16. The summed E-state index contributed by atoms with van der Waals surface area (Å²) in [5, 5.41) is 18.0. The molecule has 0 saturated carbocycles. The predicted molar refractivity (Wildman–Crippen MR) is 144 cm³/mol. The van der Waals surface area contributed by atoms with Crippen LogP contribution in [0.1, 0.15) is 17.0 Å². The summed E-state index contributed by atoms with van der Waals surface area (Å²) < 4.78 is 5.27. The molecule has 9 heteroatoms. The lowest BCUT2D eigenvalue weighted by molar-refractivity contribution is 0.414. The largest absolute Gasteiger partial charge is 0.497 e. The molecule has 184 valence electrons.